The summed E-state index contributed by atoms with van der Waals surface area (Å²) in [6, 6.07) is 0.263. The van der Waals surface area contributed by atoms with Crippen molar-refractivity contribution in [2.75, 3.05) is 13.1 Å². The van der Waals surface area contributed by atoms with E-state index in [-0.39, 0.29) is 11.5 Å². The quantitative estimate of drug-likeness (QED) is 0.861. The summed E-state index contributed by atoms with van der Waals surface area (Å²) in [5.74, 6) is 0. The summed E-state index contributed by atoms with van der Waals surface area (Å²) in [5, 5.41) is 10.3. The van der Waals surface area contributed by atoms with Crippen LogP contribution in [0, 0.1) is 0 Å². The molecule has 1 aliphatic heterocycles. The van der Waals surface area contributed by atoms with E-state index in [9.17, 15) is 0 Å². The zero-order chi connectivity index (χ0) is 12.6. The van der Waals surface area contributed by atoms with Crippen LogP contribution in [-0.4, -0.2) is 32.8 Å². The molecule has 2 aromatic rings. The Morgan fingerprint density at radius 2 is 2.33 bits per heavy atom. The van der Waals surface area contributed by atoms with Crippen molar-refractivity contribution in [1.82, 2.24) is 25.1 Å². The monoisotopic (exact) mass is 245 g/mol. The molecule has 0 spiro atoms. The van der Waals surface area contributed by atoms with Crippen LogP contribution in [0.5, 0.6) is 0 Å². The largest absolute Gasteiger partial charge is 0.327 e. The highest BCUT2D eigenvalue weighted by atomic mass is 15.1. The molecule has 2 unspecified atom stereocenters. The van der Waals surface area contributed by atoms with E-state index < -0.39 is 0 Å². The molecule has 3 heterocycles. The molecule has 5 heteroatoms. The first-order valence-corrected chi connectivity index (χ1v) is 6.42. The second kappa shape index (κ2) is 4.24. The number of hydrogen-bond acceptors (Lipinski definition) is 3. The van der Waals surface area contributed by atoms with Crippen molar-refractivity contribution in [3.05, 3.63) is 36.2 Å². The third kappa shape index (κ3) is 1.75. The Morgan fingerprint density at radius 3 is 3.00 bits per heavy atom. The lowest BCUT2D eigenvalue weighted by Crippen LogP contribution is -2.29. The van der Waals surface area contributed by atoms with Crippen LogP contribution in [-0.2, 0) is 5.41 Å². The molecular formula is C13H19N5. The van der Waals surface area contributed by atoms with Gasteiger partial charge in [-0.15, -0.1) is 0 Å². The van der Waals surface area contributed by atoms with Gasteiger partial charge in [-0.05, 0) is 19.9 Å². The fraction of sp³-hybridized carbons (Fsp3) is 0.538. The number of rotatable bonds is 3. The predicted molar refractivity (Wildman–Crippen MR) is 69.5 cm³/mol. The number of nitrogens with zero attached hydrogens (tertiary/aromatic N) is 3. The molecule has 5 nitrogen and oxygen atoms in total. The van der Waals surface area contributed by atoms with Crippen molar-refractivity contribution in [2.24, 2.45) is 0 Å². The lowest BCUT2D eigenvalue weighted by Gasteiger charge is -2.26. The third-order valence-electron chi connectivity index (χ3n) is 4.07. The van der Waals surface area contributed by atoms with Gasteiger partial charge in [0.05, 0.1) is 18.6 Å². The molecule has 2 atom stereocenters. The zero-order valence-corrected chi connectivity index (χ0v) is 10.8. The fourth-order valence-corrected chi connectivity index (χ4v) is 2.77. The molecule has 0 aliphatic carbocycles. The molecule has 2 aromatic heterocycles. The topological polar surface area (TPSA) is 58.5 Å². The molecule has 18 heavy (non-hydrogen) atoms. The van der Waals surface area contributed by atoms with Gasteiger partial charge in [0.1, 0.15) is 0 Å². The molecule has 3 rings (SSSR count). The van der Waals surface area contributed by atoms with E-state index in [2.05, 4.69) is 38.9 Å². The maximum Gasteiger partial charge on any atom is 0.0954 e. The van der Waals surface area contributed by atoms with Crippen LogP contribution in [0.1, 0.15) is 37.6 Å². The van der Waals surface area contributed by atoms with Crippen molar-refractivity contribution in [1.29, 1.82) is 0 Å². The van der Waals surface area contributed by atoms with Gasteiger partial charge in [-0.1, -0.05) is 6.92 Å². The Labute approximate surface area is 107 Å². The number of aromatic nitrogens is 4. The Kier molecular flexibility index (Phi) is 2.70. The summed E-state index contributed by atoms with van der Waals surface area (Å²) in [6.07, 6.45) is 8.92. The number of aromatic amines is 1. The molecule has 0 amide bonds. The van der Waals surface area contributed by atoms with Crippen LogP contribution in [0.3, 0.4) is 0 Å². The van der Waals surface area contributed by atoms with E-state index in [0.717, 1.165) is 19.5 Å². The van der Waals surface area contributed by atoms with Gasteiger partial charge < -0.3 is 9.88 Å². The first-order valence-electron chi connectivity index (χ1n) is 6.42. The second-order valence-corrected chi connectivity index (χ2v) is 5.38. The smallest absolute Gasteiger partial charge is 0.0954 e. The number of H-pyrrole nitrogens is 1. The SMILES string of the molecule is CC(c1cn[nH]c1)n1cncc1C1(C)CCNC1. The van der Waals surface area contributed by atoms with Crippen LogP contribution in [0.4, 0.5) is 0 Å². The first-order chi connectivity index (χ1) is 8.71. The third-order valence-corrected chi connectivity index (χ3v) is 4.07. The van der Waals surface area contributed by atoms with Gasteiger partial charge in [0.2, 0.25) is 0 Å². The number of nitrogens with one attached hydrogen (secondary N) is 2. The summed E-state index contributed by atoms with van der Waals surface area (Å²) in [5.41, 5.74) is 2.68. The molecule has 0 bridgehead atoms. The average molecular weight is 245 g/mol. The molecule has 1 aliphatic rings. The fourth-order valence-electron chi connectivity index (χ4n) is 2.77. The van der Waals surface area contributed by atoms with Gasteiger partial charge in [-0.2, -0.15) is 5.10 Å². The molecule has 2 N–H and O–H groups in total. The summed E-state index contributed by atoms with van der Waals surface area (Å²) in [6.45, 7) is 6.60. The summed E-state index contributed by atoms with van der Waals surface area (Å²) in [7, 11) is 0. The van der Waals surface area contributed by atoms with Crippen LogP contribution >= 0.6 is 0 Å². The minimum Gasteiger partial charge on any atom is -0.327 e. The van der Waals surface area contributed by atoms with Gasteiger partial charge in [0, 0.05) is 35.6 Å². The molecular weight excluding hydrogens is 226 g/mol. The molecule has 1 fully saturated rings. The van der Waals surface area contributed by atoms with Gasteiger partial charge in [-0.3, -0.25) is 5.10 Å². The minimum atomic E-state index is 0.189. The van der Waals surface area contributed by atoms with Crippen LogP contribution < -0.4 is 5.32 Å². The average Bonchev–Trinajstić information content (AvgIpc) is 3.10. The van der Waals surface area contributed by atoms with Crippen molar-refractivity contribution in [3.63, 3.8) is 0 Å². The van der Waals surface area contributed by atoms with Crippen molar-refractivity contribution in [3.8, 4) is 0 Å². The van der Waals surface area contributed by atoms with E-state index in [0.29, 0.717) is 0 Å². The normalized spacial score (nSPS) is 25.4. The zero-order valence-electron chi connectivity index (χ0n) is 10.8. The predicted octanol–water partition coefficient (Wildman–Crippen LogP) is 1.47. The Bertz CT molecular complexity index is 507. The van der Waals surface area contributed by atoms with E-state index in [1.54, 1.807) is 0 Å². The van der Waals surface area contributed by atoms with E-state index >= 15 is 0 Å². The highest BCUT2D eigenvalue weighted by Gasteiger charge is 2.34. The van der Waals surface area contributed by atoms with Gasteiger partial charge in [0.25, 0.3) is 0 Å². The highest BCUT2D eigenvalue weighted by molar-refractivity contribution is 5.21. The Hall–Kier alpha value is -1.62. The van der Waals surface area contributed by atoms with Crippen molar-refractivity contribution < 1.29 is 0 Å². The number of imidazole rings is 1. The first kappa shape index (κ1) is 11.5. The number of hydrogen-bond donors (Lipinski definition) is 2. The molecule has 0 radical (unpaired) electrons. The lowest BCUT2D eigenvalue weighted by atomic mass is 9.86. The Balaban J connectivity index is 1.96. The molecule has 96 valence electrons. The van der Waals surface area contributed by atoms with E-state index in [4.69, 9.17) is 0 Å². The van der Waals surface area contributed by atoms with E-state index in [1.165, 1.54) is 11.3 Å². The lowest BCUT2D eigenvalue weighted by molar-refractivity contribution is 0.460. The highest BCUT2D eigenvalue weighted by Crippen LogP contribution is 2.32. The van der Waals surface area contributed by atoms with Crippen molar-refractivity contribution in [2.45, 2.75) is 31.7 Å². The van der Waals surface area contributed by atoms with Gasteiger partial charge in [-0.25, -0.2) is 4.98 Å². The maximum absolute atomic E-state index is 4.35. The van der Waals surface area contributed by atoms with Gasteiger partial charge >= 0.3 is 0 Å². The van der Waals surface area contributed by atoms with Crippen LogP contribution in [0.15, 0.2) is 24.9 Å². The van der Waals surface area contributed by atoms with E-state index in [1.807, 2.05) is 24.9 Å². The van der Waals surface area contributed by atoms with Crippen LogP contribution in [0.25, 0.3) is 0 Å². The standard InChI is InChI=1S/C13H19N5/c1-10(11-5-16-17-6-11)18-9-15-7-12(18)13(2)3-4-14-8-13/h5-7,9-10,14H,3-4,8H2,1-2H3,(H,16,17). The maximum atomic E-state index is 4.35. The Morgan fingerprint density at radius 1 is 1.44 bits per heavy atom. The second-order valence-electron chi connectivity index (χ2n) is 5.38. The molecule has 0 aromatic carbocycles. The summed E-state index contributed by atoms with van der Waals surface area (Å²) < 4.78 is 2.26. The molecule has 0 saturated carbocycles. The summed E-state index contributed by atoms with van der Waals surface area (Å²) in [4.78, 5) is 4.35. The van der Waals surface area contributed by atoms with Crippen molar-refractivity contribution >= 4 is 0 Å². The molecule has 1 saturated heterocycles. The van der Waals surface area contributed by atoms with Crippen LogP contribution in [0.2, 0.25) is 0 Å². The minimum absolute atomic E-state index is 0.189. The summed E-state index contributed by atoms with van der Waals surface area (Å²) >= 11 is 0. The van der Waals surface area contributed by atoms with Gasteiger partial charge in [0.15, 0.2) is 0 Å².